The number of amides is 1. The van der Waals surface area contributed by atoms with Crippen molar-refractivity contribution in [2.45, 2.75) is 25.9 Å². The predicted molar refractivity (Wildman–Crippen MR) is 138 cm³/mol. The number of anilines is 1. The van der Waals surface area contributed by atoms with Crippen molar-refractivity contribution in [1.29, 1.82) is 0 Å². The van der Waals surface area contributed by atoms with Crippen molar-refractivity contribution in [2.24, 2.45) is 0 Å². The van der Waals surface area contributed by atoms with Crippen LogP contribution in [0, 0.1) is 17.7 Å². The Morgan fingerprint density at radius 3 is 2.44 bits per heavy atom. The largest absolute Gasteiger partial charge is 0.488 e. The zero-order valence-electron chi connectivity index (χ0n) is 19.9. The molecule has 0 bridgehead atoms. The van der Waals surface area contributed by atoms with Crippen LogP contribution in [0.1, 0.15) is 39.4 Å². The summed E-state index contributed by atoms with van der Waals surface area (Å²) in [5, 5.41) is 9.10. The van der Waals surface area contributed by atoms with Crippen LogP contribution in [-0.4, -0.2) is 48.1 Å². The highest BCUT2D eigenvalue weighted by Crippen LogP contribution is 2.25. The summed E-state index contributed by atoms with van der Waals surface area (Å²) in [7, 11) is 0. The Morgan fingerprint density at radius 1 is 1.06 bits per heavy atom. The Morgan fingerprint density at radius 2 is 1.78 bits per heavy atom. The molecule has 4 rings (SSSR count). The summed E-state index contributed by atoms with van der Waals surface area (Å²) in [4.78, 5) is 29.4. The van der Waals surface area contributed by atoms with Crippen molar-refractivity contribution >= 4 is 28.9 Å². The summed E-state index contributed by atoms with van der Waals surface area (Å²) in [6.07, 6.45) is -0.0504. The number of carboxylic acid groups (broad SMARTS) is 1. The summed E-state index contributed by atoms with van der Waals surface area (Å²) >= 11 is 1.40. The molecule has 36 heavy (non-hydrogen) atoms. The van der Waals surface area contributed by atoms with Gasteiger partial charge in [0.25, 0.3) is 5.91 Å². The summed E-state index contributed by atoms with van der Waals surface area (Å²) in [5.41, 5.74) is 1.40. The second-order valence-corrected chi connectivity index (χ2v) is 9.57. The standard InChI is InChI=1S/C28H27FN2O4S/c1-2-5-21(18-27(32)33)20-8-10-22(11-9-20)35-19-23-12-13-26(36-23)28(34)31-16-14-30(15-17-31)25-7-4-3-6-24(25)29/h3-4,6-13,21H,14-19H2,1H3,(H,32,33). The average molecular weight is 507 g/mol. The highest BCUT2D eigenvalue weighted by atomic mass is 32.1. The Kier molecular flexibility index (Phi) is 8.24. The van der Waals surface area contributed by atoms with E-state index < -0.39 is 5.97 Å². The molecule has 1 amide bonds. The number of para-hydroxylation sites is 1. The van der Waals surface area contributed by atoms with Crippen LogP contribution in [0.15, 0.2) is 60.7 Å². The van der Waals surface area contributed by atoms with E-state index in [9.17, 15) is 14.0 Å². The lowest BCUT2D eigenvalue weighted by atomic mass is 9.96. The minimum atomic E-state index is -0.891. The second-order valence-electron chi connectivity index (χ2n) is 8.40. The molecule has 1 atom stereocenters. The highest BCUT2D eigenvalue weighted by Gasteiger charge is 2.24. The Bertz CT molecular complexity index is 1270. The number of carbonyl (C=O) groups is 2. The summed E-state index contributed by atoms with van der Waals surface area (Å²) < 4.78 is 19.9. The monoisotopic (exact) mass is 506 g/mol. The Hall–Kier alpha value is -3.83. The van der Waals surface area contributed by atoms with Gasteiger partial charge in [-0.3, -0.25) is 9.59 Å². The van der Waals surface area contributed by atoms with Crippen LogP contribution in [0.3, 0.4) is 0 Å². The lowest BCUT2D eigenvalue weighted by Crippen LogP contribution is -2.48. The number of rotatable bonds is 8. The molecule has 2 aromatic carbocycles. The van der Waals surface area contributed by atoms with Crippen molar-refractivity contribution in [2.75, 3.05) is 31.1 Å². The van der Waals surface area contributed by atoms with Crippen LogP contribution in [-0.2, 0) is 11.4 Å². The molecule has 6 nitrogen and oxygen atoms in total. The fourth-order valence-corrected chi connectivity index (χ4v) is 5.03. The van der Waals surface area contributed by atoms with Gasteiger partial charge in [0.15, 0.2) is 0 Å². The molecule has 1 aromatic heterocycles. The third-order valence-electron chi connectivity index (χ3n) is 5.99. The molecule has 1 N–H and O–H groups in total. The van der Waals surface area contributed by atoms with E-state index in [1.165, 1.54) is 17.4 Å². The van der Waals surface area contributed by atoms with Gasteiger partial charge in [-0.1, -0.05) is 30.2 Å². The van der Waals surface area contributed by atoms with Gasteiger partial charge in [-0.2, -0.15) is 0 Å². The van der Waals surface area contributed by atoms with Gasteiger partial charge in [0.2, 0.25) is 0 Å². The Balaban J connectivity index is 1.30. The topological polar surface area (TPSA) is 70.1 Å². The van der Waals surface area contributed by atoms with Crippen molar-refractivity contribution in [1.82, 2.24) is 4.90 Å². The van der Waals surface area contributed by atoms with Gasteiger partial charge in [-0.15, -0.1) is 17.3 Å². The molecule has 1 aliphatic heterocycles. The molecule has 1 unspecified atom stereocenters. The third kappa shape index (κ3) is 6.23. The van der Waals surface area contributed by atoms with Gasteiger partial charge in [0.1, 0.15) is 18.2 Å². The number of carboxylic acids is 1. The molecule has 0 radical (unpaired) electrons. The van der Waals surface area contributed by atoms with E-state index in [1.54, 1.807) is 36.1 Å². The van der Waals surface area contributed by atoms with Gasteiger partial charge in [0.05, 0.1) is 22.9 Å². The Labute approximate surface area is 213 Å². The van der Waals surface area contributed by atoms with Crippen LogP contribution >= 0.6 is 11.3 Å². The number of aliphatic carboxylic acids is 1. The maximum Gasteiger partial charge on any atom is 0.304 e. The molecule has 1 aliphatic rings. The summed E-state index contributed by atoms with van der Waals surface area (Å²) in [5.74, 6) is 4.86. The van der Waals surface area contributed by atoms with Crippen molar-refractivity contribution in [3.8, 4) is 17.6 Å². The number of piperazine rings is 1. The lowest BCUT2D eigenvalue weighted by Gasteiger charge is -2.36. The maximum atomic E-state index is 14.1. The molecule has 1 fully saturated rings. The van der Waals surface area contributed by atoms with Crippen LogP contribution in [0.5, 0.6) is 5.75 Å². The SMILES string of the molecule is CC#CC(CC(=O)O)c1ccc(OCc2ccc(C(=O)N3CCN(c4ccccc4F)CC3)s2)cc1. The molecule has 0 saturated carbocycles. The highest BCUT2D eigenvalue weighted by molar-refractivity contribution is 7.14. The number of carbonyl (C=O) groups excluding carboxylic acids is 1. The van der Waals surface area contributed by atoms with Crippen LogP contribution in [0.2, 0.25) is 0 Å². The van der Waals surface area contributed by atoms with Crippen molar-refractivity contribution < 1.29 is 23.8 Å². The molecule has 3 aromatic rings. The first-order chi connectivity index (χ1) is 17.4. The minimum absolute atomic E-state index is 0.0229. The van der Waals surface area contributed by atoms with Gasteiger partial charge in [-0.25, -0.2) is 4.39 Å². The summed E-state index contributed by atoms with van der Waals surface area (Å²) in [6, 6.07) is 17.7. The lowest BCUT2D eigenvalue weighted by molar-refractivity contribution is -0.137. The maximum absolute atomic E-state index is 14.1. The fourth-order valence-electron chi connectivity index (χ4n) is 4.14. The van der Waals surface area contributed by atoms with Gasteiger partial charge in [-0.05, 0) is 48.9 Å². The molecule has 1 saturated heterocycles. The normalized spacial score (nSPS) is 14.1. The van der Waals surface area contributed by atoms with Crippen molar-refractivity contribution in [3.63, 3.8) is 0 Å². The van der Waals surface area contributed by atoms with E-state index in [4.69, 9.17) is 9.84 Å². The van der Waals surface area contributed by atoms with E-state index in [0.29, 0.717) is 49.1 Å². The number of thiophene rings is 1. The first-order valence-corrected chi connectivity index (χ1v) is 12.5. The smallest absolute Gasteiger partial charge is 0.304 e. The van der Waals surface area contributed by atoms with Gasteiger partial charge < -0.3 is 19.6 Å². The van der Waals surface area contributed by atoms with E-state index in [0.717, 1.165) is 10.4 Å². The first kappa shape index (κ1) is 25.3. The molecule has 0 spiro atoms. The molecular formula is C28H27FN2O4S. The third-order valence-corrected chi connectivity index (χ3v) is 7.04. The number of hydrogen-bond acceptors (Lipinski definition) is 5. The zero-order valence-corrected chi connectivity index (χ0v) is 20.8. The fraction of sp³-hybridized carbons (Fsp3) is 0.286. The predicted octanol–water partition coefficient (Wildman–Crippen LogP) is 5.01. The molecule has 0 aliphatic carbocycles. The number of benzene rings is 2. The number of nitrogens with zero attached hydrogens (tertiary/aromatic N) is 2. The summed E-state index contributed by atoms with van der Waals surface area (Å²) in [6.45, 7) is 4.26. The van der Waals surface area contributed by atoms with Crippen LogP contribution in [0.25, 0.3) is 0 Å². The van der Waals surface area contributed by atoms with Crippen LogP contribution in [0.4, 0.5) is 10.1 Å². The first-order valence-electron chi connectivity index (χ1n) is 11.7. The number of ether oxygens (including phenoxy) is 1. The quantitative estimate of drug-likeness (QED) is 0.435. The average Bonchev–Trinajstić information content (AvgIpc) is 3.36. The minimum Gasteiger partial charge on any atom is -0.488 e. The van der Waals surface area contributed by atoms with Crippen molar-refractivity contribution in [3.05, 3.63) is 81.8 Å². The van der Waals surface area contributed by atoms with E-state index in [-0.39, 0.29) is 24.1 Å². The van der Waals surface area contributed by atoms with E-state index in [1.807, 2.05) is 35.2 Å². The molecule has 8 heteroatoms. The van der Waals surface area contributed by atoms with Gasteiger partial charge >= 0.3 is 5.97 Å². The van der Waals surface area contributed by atoms with Gasteiger partial charge in [0, 0.05) is 31.1 Å². The number of hydrogen-bond donors (Lipinski definition) is 1. The second kappa shape index (κ2) is 11.7. The molecule has 2 heterocycles. The zero-order chi connectivity index (χ0) is 25.5. The van der Waals surface area contributed by atoms with E-state index in [2.05, 4.69) is 11.8 Å². The van der Waals surface area contributed by atoms with E-state index >= 15 is 0 Å². The number of halogens is 1. The molecular weight excluding hydrogens is 479 g/mol. The van der Waals surface area contributed by atoms with Crippen LogP contribution < -0.4 is 9.64 Å². The molecule has 186 valence electrons.